The quantitative estimate of drug-likeness (QED) is 0.315. The molecule has 0 spiro atoms. The maximum Gasteiger partial charge on any atom is 1.00 e. The second-order valence-corrected chi connectivity index (χ2v) is 1.57. The Hall–Kier alpha value is -0.583. The zero-order valence-electron chi connectivity index (χ0n) is 7.26. The van der Waals surface area contributed by atoms with Crippen LogP contribution in [0.25, 0.3) is 0 Å². The summed E-state index contributed by atoms with van der Waals surface area (Å²) < 4.78 is 0. The number of aliphatic hydroxyl groups is 2. The molecule has 2 unspecified atom stereocenters. The Balaban J connectivity index is -0.000000135. The monoisotopic (exact) mass is 176 g/mol. The minimum Gasteiger partial charge on any atom is -1.00 e. The zero-order chi connectivity index (χ0) is 8.31. The summed E-state index contributed by atoms with van der Waals surface area (Å²) in [7, 11) is 0. The predicted octanol–water partition coefficient (Wildman–Crippen LogP) is -5.83. The van der Waals surface area contributed by atoms with Crippen LogP contribution in [0, 0.1) is 0 Å². The van der Waals surface area contributed by atoms with Crippen LogP contribution in [0.4, 0.5) is 0 Å². The van der Waals surface area contributed by atoms with Crippen molar-refractivity contribution in [1.82, 2.24) is 0 Å². The molecule has 12 heavy (non-hydrogen) atoms. The Morgan fingerprint density at radius 3 is 1.25 bits per heavy atom. The van der Waals surface area contributed by atoms with Crippen LogP contribution >= 0.6 is 0 Å². The van der Waals surface area contributed by atoms with E-state index in [1.807, 2.05) is 0 Å². The molecule has 7 nitrogen and oxygen atoms in total. The predicted molar refractivity (Wildman–Crippen MR) is 32.0 cm³/mol. The van der Waals surface area contributed by atoms with E-state index >= 15 is 0 Å². The van der Waals surface area contributed by atoms with Gasteiger partial charge in [0.25, 0.3) is 0 Å². The molecular formula is C4H9LiO7. The van der Waals surface area contributed by atoms with Crippen molar-refractivity contribution in [3.8, 4) is 0 Å². The first-order chi connectivity index (χ1) is 4.46. The molecule has 0 heterocycles. The van der Waals surface area contributed by atoms with Gasteiger partial charge in [0.2, 0.25) is 0 Å². The van der Waals surface area contributed by atoms with E-state index in [9.17, 15) is 9.59 Å². The van der Waals surface area contributed by atoms with Gasteiger partial charge in [0.1, 0.15) is 0 Å². The summed E-state index contributed by atoms with van der Waals surface area (Å²) >= 11 is 0. The van der Waals surface area contributed by atoms with E-state index in [1.165, 1.54) is 0 Å². The van der Waals surface area contributed by atoms with Gasteiger partial charge in [0, 0.05) is 0 Å². The fourth-order valence-corrected chi connectivity index (χ4v) is 0.270. The maximum absolute atomic E-state index is 9.77. The Kier molecular flexibility index (Phi) is 10.3. The summed E-state index contributed by atoms with van der Waals surface area (Å²) in [6.07, 6.45) is -4.53. The van der Waals surface area contributed by atoms with Crippen molar-refractivity contribution in [3.05, 3.63) is 0 Å². The fourth-order valence-electron chi connectivity index (χ4n) is 0.270. The van der Waals surface area contributed by atoms with Crippen molar-refractivity contribution in [1.29, 1.82) is 0 Å². The topological polar surface area (TPSA) is 147 Å². The fraction of sp³-hybridized carbons (Fsp3) is 0.500. The van der Waals surface area contributed by atoms with Crippen LogP contribution in [-0.4, -0.2) is 50.0 Å². The number of rotatable bonds is 3. The van der Waals surface area contributed by atoms with Crippen molar-refractivity contribution >= 4 is 11.9 Å². The maximum atomic E-state index is 9.77. The summed E-state index contributed by atoms with van der Waals surface area (Å²) in [6.45, 7) is 0. The molecule has 0 bridgehead atoms. The van der Waals surface area contributed by atoms with Gasteiger partial charge >= 0.3 is 30.8 Å². The number of carboxylic acid groups (broad SMARTS) is 2. The van der Waals surface area contributed by atoms with Gasteiger partial charge in [-0.1, -0.05) is 0 Å². The molecule has 0 aliphatic carbocycles. The van der Waals surface area contributed by atoms with Crippen LogP contribution in [-0.2, 0) is 9.59 Å². The van der Waals surface area contributed by atoms with Crippen LogP contribution in [0.5, 0.6) is 0 Å². The third-order valence-corrected chi connectivity index (χ3v) is 0.805. The van der Waals surface area contributed by atoms with E-state index in [-0.39, 0.29) is 25.8 Å². The zero-order valence-corrected chi connectivity index (χ0v) is 6.26. The Morgan fingerprint density at radius 1 is 1.00 bits per heavy atom. The molecule has 0 saturated carbocycles. The number of carboxylic acids is 2. The first-order valence-corrected chi connectivity index (χ1v) is 2.28. The van der Waals surface area contributed by atoms with Gasteiger partial charge in [-0.25, -0.2) is 9.59 Å². The molecular weight excluding hydrogens is 167 g/mol. The number of hydrogen-bond donors (Lipinski definition) is 4. The smallest absolute Gasteiger partial charge is 1.00 e. The van der Waals surface area contributed by atoms with Gasteiger partial charge in [0.05, 0.1) is 0 Å². The van der Waals surface area contributed by atoms with Gasteiger partial charge in [-0.3, -0.25) is 0 Å². The van der Waals surface area contributed by atoms with Gasteiger partial charge in [0.15, 0.2) is 12.2 Å². The van der Waals surface area contributed by atoms with Gasteiger partial charge in [-0.05, 0) is 0 Å². The molecule has 0 aromatic carbocycles. The van der Waals surface area contributed by atoms with Crippen LogP contribution in [0.2, 0.25) is 0 Å². The van der Waals surface area contributed by atoms with E-state index < -0.39 is 24.1 Å². The van der Waals surface area contributed by atoms with Crippen LogP contribution in [0.1, 0.15) is 1.43 Å². The molecule has 68 valence electrons. The first kappa shape index (κ1) is 17.5. The van der Waals surface area contributed by atoms with Crippen molar-refractivity contribution in [2.24, 2.45) is 0 Å². The normalized spacial score (nSPS) is 13.2. The van der Waals surface area contributed by atoms with E-state index in [0.717, 1.165) is 0 Å². The summed E-state index contributed by atoms with van der Waals surface area (Å²) in [5.74, 6) is -3.54. The third kappa shape index (κ3) is 5.12. The van der Waals surface area contributed by atoms with E-state index in [0.29, 0.717) is 0 Å². The summed E-state index contributed by atoms with van der Waals surface area (Å²) in [5, 5.41) is 32.5. The minimum atomic E-state index is -2.27. The molecule has 0 amide bonds. The standard InChI is InChI=1S/C4H6O6.Li.H2O.H/c5-1(3(7)8)2(6)4(9)10;;;/h1-2,5-6H,(H,7,8)(H,9,10);;1H2;/q;+1;;-1. The molecule has 0 aromatic rings. The van der Waals surface area contributed by atoms with Crippen molar-refractivity contribution < 1.29 is 55.8 Å². The van der Waals surface area contributed by atoms with E-state index in [4.69, 9.17) is 20.4 Å². The third-order valence-electron chi connectivity index (χ3n) is 0.805. The molecule has 0 aromatic heterocycles. The van der Waals surface area contributed by atoms with Gasteiger partial charge in [-0.15, -0.1) is 0 Å². The average molecular weight is 176 g/mol. The SMILES string of the molecule is O.O=C(O)C(O)C(O)C(=O)O.[H-].[Li+]. The van der Waals surface area contributed by atoms with Crippen LogP contribution < -0.4 is 18.9 Å². The molecule has 0 aliphatic heterocycles. The summed E-state index contributed by atoms with van der Waals surface area (Å²) in [5.41, 5.74) is 0. The summed E-state index contributed by atoms with van der Waals surface area (Å²) in [4.78, 5) is 19.5. The molecule has 0 saturated heterocycles. The number of carbonyl (C=O) groups is 2. The van der Waals surface area contributed by atoms with E-state index in [2.05, 4.69) is 0 Å². The molecule has 0 fully saturated rings. The van der Waals surface area contributed by atoms with Gasteiger partial charge in [-0.2, -0.15) is 0 Å². The van der Waals surface area contributed by atoms with Crippen LogP contribution in [0.15, 0.2) is 0 Å². The van der Waals surface area contributed by atoms with Crippen molar-refractivity contribution in [2.75, 3.05) is 0 Å². The molecule has 8 heteroatoms. The second-order valence-electron chi connectivity index (χ2n) is 1.57. The number of aliphatic hydroxyl groups excluding tert-OH is 2. The summed E-state index contributed by atoms with van der Waals surface area (Å²) in [6, 6.07) is 0. The number of aliphatic carboxylic acids is 2. The molecule has 0 radical (unpaired) electrons. The minimum absolute atomic E-state index is 0. The number of hydrogen-bond acceptors (Lipinski definition) is 4. The van der Waals surface area contributed by atoms with Crippen molar-refractivity contribution in [3.63, 3.8) is 0 Å². The van der Waals surface area contributed by atoms with E-state index in [1.54, 1.807) is 0 Å². The largest absolute Gasteiger partial charge is 1.00 e. The van der Waals surface area contributed by atoms with Gasteiger partial charge < -0.3 is 27.3 Å². The Morgan fingerprint density at radius 2 is 1.17 bits per heavy atom. The average Bonchev–Trinajstić information content (AvgIpc) is 1.84. The second kappa shape index (κ2) is 7.09. The molecule has 0 aliphatic rings. The Labute approximate surface area is 80.6 Å². The Bertz CT molecular complexity index is 145. The molecule has 6 N–H and O–H groups in total. The van der Waals surface area contributed by atoms with Crippen molar-refractivity contribution in [2.45, 2.75) is 12.2 Å². The molecule has 2 atom stereocenters. The molecule has 0 rings (SSSR count). The van der Waals surface area contributed by atoms with Crippen LogP contribution in [0.3, 0.4) is 0 Å². The first-order valence-electron chi connectivity index (χ1n) is 2.28.